The third-order valence-electron chi connectivity index (χ3n) is 4.18. The summed E-state index contributed by atoms with van der Waals surface area (Å²) in [5.74, 6) is 0.858. The van der Waals surface area contributed by atoms with Crippen LogP contribution < -0.4 is 10.1 Å². The molecule has 1 saturated heterocycles. The molecular formula is C16H26N2O3. The maximum absolute atomic E-state index is 9.84. The van der Waals surface area contributed by atoms with E-state index in [2.05, 4.69) is 24.1 Å². The summed E-state index contributed by atoms with van der Waals surface area (Å²) in [4.78, 5) is 2.38. The molecule has 1 aromatic carbocycles. The smallest absolute Gasteiger partial charge is 0.127 e. The highest BCUT2D eigenvalue weighted by atomic mass is 16.5. The van der Waals surface area contributed by atoms with Gasteiger partial charge < -0.3 is 20.3 Å². The normalized spacial score (nSPS) is 18.5. The predicted molar refractivity (Wildman–Crippen MR) is 82.7 cm³/mol. The summed E-state index contributed by atoms with van der Waals surface area (Å²) in [5.41, 5.74) is 0.706. The van der Waals surface area contributed by atoms with Crippen LogP contribution in [0.4, 0.5) is 0 Å². The van der Waals surface area contributed by atoms with E-state index >= 15 is 0 Å². The SMILES string of the molecule is COc1cc(O)ccc1[C@H](N1CCNCC1)C(C)(C)CO. The molecular weight excluding hydrogens is 268 g/mol. The van der Waals surface area contributed by atoms with Crippen molar-refractivity contribution in [3.05, 3.63) is 23.8 Å². The molecule has 3 N–H and O–H groups in total. The van der Waals surface area contributed by atoms with Crippen LogP contribution in [0.25, 0.3) is 0 Å². The van der Waals surface area contributed by atoms with Crippen molar-refractivity contribution in [2.45, 2.75) is 19.9 Å². The molecule has 1 heterocycles. The van der Waals surface area contributed by atoms with Crippen molar-refractivity contribution < 1.29 is 14.9 Å². The minimum Gasteiger partial charge on any atom is -0.508 e. The van der Waals surface area contributed by atoms with Crippen molar-refractivity contribution >= 4 is 0 Å². The van der Waals surface area contributed by atoms with Crippen molar-refractivity contribution in [1.29, 1.82) is 0 Å². The van der Waals surface area contributed by atoms with Crippen LogP contribution in [0.15, 0.2) is 18.2 Å². The van der Waals surface area contributed by atoms with Crippen LogP contribution in [0.1, 0.15) is 25.5 Å². The van der Waals surface area contributed by atoms with Crippen LogP contribution in [0.2, 0.25) is 0 Å². The number of ether oxygens (including phenoxy) is 1. The Bertz CT molecular complexity index is 471. The fraction of sp³-hybridized carbons (Fsp3) is 0.625. The van der Waals surface area contributed by atoms with Gasteiger partial charge in [-0.25, -0.2) is 0 Å². The quantitative estimate of drug-likeness (QED) is 0.765. The molecule has 0 unspecified atom stereocenters. The fourth-order valence-corrected chi connectivity index (χ4v) is 3.06. The number of methoxy groups -OCH3 is 1. The number of rotatable bonds is 5. The van der Waals surface area contributed by atoms with Crippen LogP contribution in [-0.4, -0.2) is 55.0 Å². The predicted octanol–water partition coefficient (Wildman–Crippen LogP) is 1.37. The number of aromatic hydroxyl groups is 1. The lowest BCUT2D eigenvalue weighted by Gasteiger charge is -2.43. The zero-order valence-electron chi connectivity index (χ0n) is 13.1. The topological polar surface area (TPSA) is 65.0 Å². The number of hydrogen-bond donors (Lipinski definition) is 3. The number of aliphatic hydroxyl groups excluding tert-OH is 1. The minimum atomic E-state index is -0.304. The van der Waals surface area contributed by atoms with Gasteiger partial charge in [0.05, 0.1) is 7.11 Å². The summed E-state index contributed by atoms with van der Waals surface area (Å²) in [6.45, 7) is 7.96. The second-order valence-corrected chi connectivity index (χ2v) is 6.26. The second-order valence-electron chi connectivity index (χ2n) is 6.26. The second kappa shape index (κ2) is 6.64. The first-order chi connectivity index (χ1) is 9.99. The Morgan fingerprint density at radius 2 is 2.00 bits per heavy atom. The van der Waals surface area contributed by atoms with Gasteiger partial charge in [0.2, 0.25) is 0 Å². The van der Waals surface area contributed by atoms with E-state index in [0.717, 1.165) is 31.7 Å². The van der Waals surface area contributed by atoms with Crippen molar-refractivity contribution in [1.82, 2.24) is 10.2 Å². The first-order valence-corrected chi connectivity index (χ1v) is 7.42. The molecule has 1 aromatic rings. The molecule has 2 rings (SSSR count). The summed E-state index contributed by atoms with van der Waals surface area (Å²) >= 11 is 0. The van der Waals surface area contributed by atoms with Crippen molar-refractivity contribution in [2.75, 3.05) is 39.9 Å². The highest BCUT2D eigenvalue weighted by Gasteiger charge is 2.37. The lowest BCUT2D eigenvalue weighted by atomic mass is 9.79. The molecule has 5 heteroatoms. The van der Waals surface area contributed by atoms with Gasteiger partial charge in [-0.2, -0.15) is 0 Å². The zero-order valence-corrected chi connectivity index (χ0v) is 13.1. The Hall–Kier alpha value is -1.30. The third-order valence-corrected chi connectivity index (χ3v) is 4.18. The maximum atomic E-state index is 9.84. The lowest BCUT2D eigenvalue weighted by molar-refractivity contribution is 0.0292. The highest BCUT2D eigenvalue weighted by Crippen LogP contribution is 2.42. The van der Waals surface area contributed by atoms with Gasteiger partial charge in [0.15, 0.2) is 0 Å². The number of nitrogens with one attached hydrogen (secondary N) is 1. The molecule has 118 valence electrons. The molecule has 1 aliphatic rings. The number of benzene rings is 1. The van der Waals surface area contributed by atoms with Crippen LogP contribution in [0.5, 0.6) is 11.5 Å². The van der Waals surface area contributed by atoms with Gasteiger partial charge >= 0.3 is 0 Å². The summed E-state index contributed by atoms with van der Waals surface area (Å²) in [6, 6.07) is 5.26. The first-order valence-electron chi connectivity index (χ1n) is 7.42. The largest absolute Gasteiger partial charge is 0.508 e. The zero-order chi connectivity index (χ0) is 15.5. The molecule has 21 heavy (non-hydrogen) atoms. The van der Waals surface area contributed by atoms with E-state index in [1.807, 2.05) is 6.07 Å². The summed E-state index contributed by atoms with van der Waals surface area (Å²) in [7, 11) is 1.61. The number of piperazine rings is 1. The van der Waals surface area contributed by atoms with E-state index in [1.165, 1.54) is 0 Å². The maximum Gasteiger partial charge on any atom is 0.127 e. The molecule has 0 spiro atoms. The van der Waals surface area contributed by atoms with Crippen molar-refractivity contribution in [3.63, 3.8) is 0 Å². The highest BCUT2D eigenvalue weighted by molar-refractivity contribution is 5.42. The Labute approximate surface area is 126 Å². The molecule has 1 atom stereocenters. The van der Waals surface area contributed by atoms with Gasteiger partial charge in [0, 0.05) is 55.9 Å². The van der Waals surface area contributed by atoms with E-state index in [9.17, 15) is 10.2 Å². The average Bonchev–Trinajstić information content (AvgIpc) is 2.50. The molecule has 0 aromatic heterocycles. The molecule has 0 saturated carbocycles. The average molecular weight is 294 g/mol. The number of phenolic OH excluding ortho intramolecular Hbond substituents is 1. The number of nitrogens with zero attached hydrogens (tertiary/aromatic N) is 1. The molecule has 0 amide bonds. The van der Waals surface area contributed by atoms with Gasteiger partial charge in [-0.3, -0.25) is 4.90 Å². The Kier molecular flexibility index (Phi) is 5.08. The van der Waals surface area contributed by atoms with Crippen LogP contribution in [-0.2, 0) is 0 Å². The van der Waals surface area contributed by atoms with Crippen molar-refractivity contribution in [3.8, 4) is 11.5 Å². The summed E-state index contributed by atoms with van der Waals surface area (Å²) in [6.07, 6.45) is 0. The van der Waals surface area contributed by atoms with E-state index in [-0.39, 0.29) is 23.8 Å². The van der Waals surface area contributed by atoms with Gasteiger partial charge in [-0.1, -0.05) is 19.9 Å². The Morgan fingerprint density at radius 3 is 2.57 bits per heavy atom. The standard InChI is InChI=1S/C16H26N2O3/c1-16(2,11-19)15(18-8-6-17-7-9-18)13-5-4-12(20)10-14(13)21-3/h4-5,10,15,17,19-20H,6-9,11H2,1-3H3/t15-/m0/s1. The molecule has 0 radical (unpaired) electrons. The van der Waals surface area contributed by atoms with Crippen LogP contribution in [0.3, 0.4) is 0 Å². The van der Waals surface area contributed by atoms with Gasteiger partial charge in [0.1, 0.15) is 11.5 Å². The lowest BCUT2D eigenvalue weighted by Crippen LogP contribution is -2.49. The molecule has 5 nitrogen and oxygen atoms in total. The van der Waals surface area contributed by atoms with Crippen LogP contribution in [0, 0.1) is 5.41 Å². The van der Waals surface area contributed by atoms with Crippen molar-refractivity contribution in [2.24, 2.45) is 5.41 Å². The van der Waals surface area contributed by atoms with Gasteiger partial charge in [-0.05, 0) is 6.07 Å². The van der Waals surface area contributed by atoms with E-state index < -0.39 is 0 Å². The Balaban J connectivity index is 2.43. The summed E-state index contributed by atoms with van der Waals surface area (Å²) in [5, 5.41) is 22.9. The molecule has 0 aliphatic carbocycles. The van der Waals surface area contributed by atoms with E-state index in [1.54, 1.807) is 19.2 Å². The molecule has 0 bridgehead atoms. The fourth-order valence-electron chi connectivity index (χ4n) is 3.06. The number of aliphatic hydroxyl groups is 1. The monoisotopic (exact) mass is 294 g/mol. The Morgan fingerprint density at radius 1 is 1.33 bits per heavy atom. The van der Waals surface area contributed by atoms with Gasteiger partial charge in [-0.15, -0.1) is 0 Å². The minimum absolute atomic E-state index is 0.0418. The van der Waals surface area contributed by atoms with E-state index in [4.69, 9.17) is 4.74 Å². The third kappa shape index (κ3) is 3.48. The van der Waals surface area contributed by atoms with Crippen LogP contribution >= 0.6 is 0 Å². The number of phenols is 1. The summed E-state index contributed by atoms with van der Waals surface area (Å²) < 4.78 is 5.45. The van der Waals surface area contributed by atoms with E-state index in [0.29, 0.717) is 5.75 Å². The molecule has 1 aliphatic heterocycles. The molecule has 1 fully saturated rings. The first kappa shape index (κ1) is 16.1. The number of hydrogen-bond acceptors (Lipinski definition) is 5. The van der Waals surface area contributed by atoms with Gasteiger partial charge in [0.25, 0.3) is 0 Å².